The third-order valence-electron chi connectivity index (χ3n) is 5.62. The first-order valence-corrected chi connectivity index (χ1v) is 9.92. The maximum Gasteiger partial charge on any atom is 0.336 e. The van der Waals surface area contributed by atoms with E-state index in [1.807, 2.05) is 54.6 Å². The van der Waals surface area contributed by atoms with E-state index in [2.05, 4.69) is 5.32 Å². The van der Waals surface area contributed by atoms with Gasteiger partial charge in [0.25, 0.3) is 0 Å². The lowest BCUT2D eigenvalue weighted by Crippen LogP contribution is -2.33. The largest absolute Gasteiger partial charge is 0.478 e. The third kappa shape index (κ3) is 3.83. The van der Waals surface area contributed by atoms with Crippen molar-refractivity contribution in [3.63, 3.8) is 0 Å². The number of rotatable bonds is 6. The Labute approximate surface area is 180 Å². The van der Waals surface area contributed by atoms with Crippen LogP contribution in [-0.4, -0.2) is 31.1 Å². The fourth-order valence-electron chi connectivity index (χ4n) is 4.18. The van der Waals surface area contributed by atoms with Crippen molar-refractivity contribution in [3.05, 3.63) is 101 Å². The van der Waals surface area contributed by atoms with Gasteiger partial charge in [0.15, 0.2) is 12.1 Å². The number of anilines is 1. The molecule has 4 rings (SSSR count). The minimum Gasteiger partial charge on any atom is -0.478 e. The number of nitrogens with one attached hydrogen (secondary N) is 1. The first kappa shape index (κ1) is 20.8. The van der Waals surface area contributed by atoms with E-state index in [0.29, 0.717) is 5.69 Å². The number of benzene rings is 3. The van der Waals surface area contributed by atoms with Gasteiger partial charge in [-0.15, -0.1) is 0 Å². The second-order valence-corrected chi connectivity index (χ2v) is 7.38. The summed E-state index contributed by atoms with van der Waals surface area (Å²) in [5, 5.41) is 13.0. The van der Waals surface area contributed by atoms with E-state index in [1.165, 1.54) is 6.07 Å². The lowest BCUT2D eigenvalue weighted by molar-refractivity contribution is -0.106. The normalized spacial score (nSPS) is 17.8. The molecule has 3 aromatic rings. The average Bonchev–Trinajstić information content (AvgIpc) is 2.80. The zero-order valence-electron chi connectivity index (χ0n) is 17.2. The number of aromatic carboxylic acids is 1. The molecule has 0 amide bonds. The Morgan fingerprint density at radius 2 is 1.58 bits per heavy atom. The molecule has 0 fully saturated rings. The molecule has 0 bridgehead atoms. The molecule has 0 spiro atoms. The van der Waals surface area contributed by atoms with Crippen LogP contribution in [0.5, 0.6) is 0 Å². The second kappa shape index (κ2) is 8.71. The quantitative estimate of drug-likeness (QED) is 0.560. The lowest BCUT2D eigenvalue weighted by atomic mass is 9.77. The molecule has 2 atom stereocenters. The Bertz CT molecular complexity index is 1090. The number of methoxy groups -OCH3 is 2. The van der Waals surface area contributed by atoms with Gasteiger partial charge < -0.3 is 19.9 Å². The first-order chi connectivity index (χ1) is 15.0. The molecule has 0 aromatic heterocycles. The maximum atomic E-state index is 13.7. The average molecular weight is 417 g/mol. The van der Waals surface area contributed by atoms with Crippen molar-refractivity contribution in [2.45, 2.75) is 18.2 Å². The summed E-state index contributed by atoms with van der Waals surface area (Å²) in [6.45, 7) is 0. The van der Waals surface area contributed by atoms with Gasteiger partial charge in [0.05, 0.1) is 23.1 Å². The van der Waals surface area contributed by atoms with E-state index in [0.717, 1.165) is 16.7 Å². The van der Waals surface area contributed by atoms with Crippen molar-refractivity contribution in [2.24, 2.45) is 0 Å². The number of carboxylic acid groups (broad SMARTS) is 1. The molecule has 0 aliphatic carbocycles. The fourth-order valence-corrected chi connectivity index (χ4v) is 4.18. The highest BCUT2D eigenvalue weighted by Gasteiger charge is 2.39. The zero-order chi connectivity index (χ0) is 22.0. The van der Waals surface area contributed by atoms with Crippen LogP contribution in [0.2, 0.25) is 0 Å². The highest BCUT2D eigenvalue weighted by molar-refractivity contribution is 6.14. The number of ketones is 1. The highest BCUT2D eigenvalue weighted by Crippen LogP contribution is 2.43. The van der Waals surface area contributed by atoms with Crippen LogP contribution >= 0.6 is 0 Å². The Kier molecular flexibility index (Phi) is 5.84. The number of fused-ring (bicyclic) bond motifs is 1. The highest BCUT2D eigenvalue weighted by atomic mass is 16.7. The van der Waals surface area contributed by atoms with E-state index in [1.54, 1.807) is 26.4 Å². The predicted octanol–water partition coefficient (Wildman–Crippen LogP) is 4.81. The van der Waals surface area contributed by atoms with Crippen molar-refractivity contribution in [2.75, 3.05) is 19.5 Å². The molecule has 0 saturated carbocycles. The van der Waals surface area contributed by atoms with Crippen molar-refractivity contribution >= 4 is 17.4 Å². The Balaban J connectivity index is 1.82. The summed E-state index contributed by atoms with van der Waals surface area (Å²) < 4.78 is 10.6. The van der Waals surface area contributed by atoms with Crippen molar-refractivity contribution in [3.8, 4) is 0 Å². The fraction of sp³-hybridized carbons (Fsp3) is 0.200. The maximum absolute atomic E-state index is 13.7. The SMILES string of the molecule is COC(OC)c1ccc(C2Nc3cccc(C(=O)O)c3C(=O)C2c2ccccc2)cc1. The molecule has 2 N–H and O–H groups in total. The van der Waals surface area contributed by atoms with E-state index >= 15 is 0 Å². The van der Waals surface area contributed by atoms with Crippen LogP contribution in [0, 0.1) is 0 Å². The van der Waals surface area contributed by atoms with E-state index in [4.69, 9.17) is 9.47 Å². The number of carboxylic acids is 1. The number of hydrogen-bond acceptors (Lipinski definition) is 5. The summed E-state index contributed by atoms with van der Waals surface area (Å²) in [7, 11) is 3.15. The van der Waals surface area contributed by atoms with Gasteiger partial charge in [0.1, 0.15) is 0 Å². The summed E-state index contributed by atoms with van der Waals surface area (Å²) in [6.07, 6.45) is -0.473. The minimum atomic E-state index is -1.12. The molecular formula is C25H23NO5. The van der Waals surface area contributed by atoms with Crippen LogP contribution in [0.25, 0.3) is 0 Å². The number of ether oxygens (including phenoxy) is 2. The molecule has 158 valence electrons. The number of carbonyl (C=O) groups excluding carboxylic acids is 1. The summed E-state index contributed by atoms with van der Waals surface area (Å²) in [5.74, 6) is -1.90. The van der Waals surface area contributed by atoms with Crippen LogP contribution in [0.1, 0.15) is 55.7 Å². The molecule has 6 heteroatoms. The summed E-state index contributed by atoms with van der Waals surface area (Å²) >= 11 is 0. The Morgan fingerprint density at radius 1 is 0.903 bits per heavy atom. The molecule has 2 unspecified atom stereocenters. The van der Waals surface area contributed by atoms with Gasteiger partial charge in [-0.3, -0.25) is 4.79 Å². The summed E-state index contributed by atoms with van der Waals surface area (Å²) in [4.78, 5) is 25.4. The van der Waals surface area contributed by atoms with Gasteiger partial charge >= 0.3 is 5.97 Å². The molecule has 1 heterocycles. The molecule has 31 heavy (non-hydrogen) atoms. The third-order valence-corrected chi connectivity index (χ3v) is 5.62. The topological polar surface area (TPSA) is 84.9 Å². The number of Topliss-reactive ketones (excluding diaryl/α,β-unsaturated/α-hetero) is 1. The van der Waals surface area contributed by atoms with Crippen LogP contribution in [0.4, 0.5) is 5.69 Å². The molecule has 1 aliphatic heterocycles. The molecule has 1 aliphatic rings. The van der Waals surface area contributed by atoms with Gasteiger partial charge in [0, 0.05) is 25.5 Å². The van der Waals surface area contributed by atoms with Gasteiger partial charge in [-0.25, -0.2) is 4.79 Å². The van der Waals surface area contributed by atoms with Gasteiger partial charge in [-0.1, -0.05) is 60.7 Å². The number of hydrogen-bond donors (Lipinski definition) is 2. The Morgan fingerprint density at radius 3 is 2.19 bits per heavy atom. The molecule has 0 radical (unpaired) electrons. The lowest BCUT2D eigenvalue weighted by Gasteiger charge is -2.35. The number of carbonyl (C=O) groups is 2. The van der Waals surface area contributed by atoms with Crippen molar-refractivity contribution < 1.29 is 24.2 Å². The van der Waals surface area contributed by atoms with Gasteiger partial charge in [-0.05, 0) is 23.3 Å². The summed E-state index contributed by atoms with van der Waals surface area (Å²) in [5.41, 5.74) is 3.34. The Hall–Kier alpha value is -3.48. The van der Waals surface area contributed by atoms with Crippen molar-refractivity contribution in [1.82, 2.24) is 0 Å². The van der Waals surface area contributed by atoms with Crippen LogP contribution in [0.15, 0.2) is 72.8 Å². The van der Waals surface area contributed by atoms with Crippen LogP contribution in [0.3, 0.4) is 0 Å². The van der Waals surface area contributed by atoms with Crippen molar-refractivity contribution in [1.29, 1.82) is 0 Å². The smallest absolute Gasteiger partial charge is 0.336 e. The molecular weight excluding hydrogens is 394 g/mol. The monoisotopic (exact) mass is 417 g/mol. The van der Waals surface area contributed by atoms with Gasteiger partial charge in [0.2, 0.25) is 0 Å². The summed E-state index contributed by atoms with van der Waals surface area (Å²) in [6, 6.07) is 21.6. The standard InChI is InChI=1S/C25H23NO5/c1-30-25(31-2)17-13-11-16(12-14-17)22-20(15-7-4-3-5-8-15)23(27)21-18(24(28)29)9-6-10-19(21)26-22/h3-14,20,22,25-26H,1-2H3,(H,28,29). The van der Waals surface area contributed by atoms with E-state index in [-0.39, 0.29) is 23.0 Å². The zero-order valence-corrected chi connectivity index (χ0v) is 17.2. The van der Waals surface area contributed by atoms with E-state index in [9.17, 15) is 14.7 Å². The molecule has 6 nitrogen and oxygen atoms in total. The van der Waals surface area contributed by atoms with Crippen LogP contribution < -0.4 is 5.32 Å². The minimum absolute atomic E-state index is 0.00719. The second-order valence-electron chi connectivity index (χ2n) is 7.38. The molecule has 3 aromatic carbocycles. The molecule has 0 saturated heterocycles. The first-order valence-electron chi connectivity index (χ1n) is 9.92. The van der Waals surface area contributed by atoms with Gasteiger partial charge in [-0.2, -0.15) is 0 Å². The predicted molar refractivity (Wildman–Crippen MR) is 116 cm³/mol. The van der Waals surface area contributed by atoms with Crippen LogP contribution in [-0.2, 0) is 9.47 Å². The van der Waals surface area contributed by atoms with E-state index < -0.39 is 18.2 Å².